The van der Waals surface area contributed by atoms with Crippen LogP contribution in [-0.4, -0.2) is 36.1 Å². The van der Waals surface area contributed by atoms with Crippen LogP contribution >= 0.6 is 11.6 Å². The first kappa shape index (κ1) is 12.2. The molecule has 1 aromatic heterocycles. The molecule has 1 fully saturated rings. The summed E-state index contributed by atoms with van der Waals surface area (Å²) in [5.74, 6) is 0.910. The molecular weight excluding hydrogens is 260 g/mol. The molecule has 5 heteroatoms. The van der Waals surface area contributed by atoms with Crippen LogP contribution in [0.1, 0.15) is 0 Å². The van der Waals surface area contributed by atoms with E-state index in [9.17, 15) is 0 Å². The van der Waals surface area contributed by atoms with Gasteiger partial charge in [0, 0.05) is 38.1 Å². The minimum atomic E-state index is 0.308. The van der Waals surface area contributed by atoms with Crippen LogP contribution in [0.2, 0.25) is 5.28 Å². The standard InChI is InChI=1S/C14H15ClN4/c15-14-16-7-6-13(17-14)19-10-8-18(9-11-19)12-4-2-1-3-5-12/h1-7H,8-11H2. The van der Waals surface area contributed by atoms with E-state index >= 15 is 0 Å². The Bertz CT molecular complexity index is 538. The molecule has 0 saturated carbocycles. The maximum absolute atomic E-state index is 5.83. The zero-order valence-corrected chi connectivity index (χ0v) is 11.3. The highest BCUT2D eigenvalue weighted by Crippen LogP contribution is 2.19. The summed E-state index contributed by atoms with van der Waals surface area (Å²) in [6.45, 7) is 3.88. The van der Waals surface area contributed by atoms with Gasteiger partial charge in [-0.3, -0.25) is 0 Å². The highest BCUT2D eigenvalue weighted by Gasteiger charge is 2.18. The van der Waals surface area contributed by atoms with E-state index in [2.05, 4.69) is 44.0 Å². The summed E-state index contributed by atoms with van der Waals surface area (Å²) in [4.78, 5) is 12.8. The van der Waals surface area contributed by atoms with Crippen molar-refractivity contribution in [1.82, 2.24) is 9.97 Å². The molecule has 98 valence electrons. The van der Waals surface area contributed by atoms with E-state index in [1.165, 1.54) is 5.69 Å². The molecule has 4 nitrogen and oxygen atoms in total. The lowest BCUT2D eigenvalue weighted by molar-refractivity contribution is 0.647. The first-order valence-electron chi connectivity index (χ1n) is 6.36. The van der Waals surface area contributed by atoms with Crippen molar-refractivity contribution in [3.8, 4) is 0 Å². The number of benzene rings is 1. The first-order chi connectivity index (χ1) is 9.33. The van der Waals surface area contributed by atoms with Gasteiger partial charge in [0.1, 0.15) is 5.82 Å². The predicted molar refractivity (Wildman–Crippen MR) is 77.9 cm³/mol. The summed E-state index contributed by atoms with van der Waals surface area (Å²) in [7, 11) is 0. The van der Waals surface area contributed by atoms with Crippen LogP contribution in [0.25, 0.3) is 0 Å². The van der Waals surface area contributed by atoms with Gasteiger partial charge in [-0.05, 0) is 29.8 Å². The molecule has 3 rings (SSSR count). The maximum atomic E-state index is 5.83. The average Bonchev–Trinajstić information content (AvgIpc) is 2.48. The zero-order chi connectivity index (χ0) is 13.1. The molecule has 0 unspecified atom stereocenters. The van der Waals surface area contributed by atoms with Crippen molar-refractivity contribution >= 4 is 23.1 Å². The van der Waals surface area contributed by atoms with E-state index in [1.54, 1.807) is 6.20 Å². The average molecular weight is 275 g/mol. The molecule has 1 aliphatic heterocycles. The van der Waals surface area contributed by atoms with Gasteiger partial charge in [-0.15, -0.1) is 0 Å². The van der Waals surface area contributed by atoms with Crippen molar-refractivity contribution in [1.29, 1.82) is 0 Å². The molecule has 0 amide bonds. The van der Waals surface area contributed by atoms with Crippen LogP contribution in [0.5, 0.6) is 0 Å². The molecule has 19 heavy (non-hydrogen) atoms. The van der Waals surface area contributed by atoms with Gasteiger partial charge in [-0.2, -0.15) is 0 Å². The van der Waals surface area contributed by atoms with Crippen LogP contribution in [0.15, 0.2) is 42.6 Å². The number of anilines is 2. The van der Waals surface area contributed by atoms with E-state index in [4.69, 9.17) is 11.6 Å². The van der Waals surface area contributed by atoms with Crippen molar-refractivity contribution in [2.24, 2.45) is 0 Å². The Labute approximate surface area is 117 Å². The number of hydrogen-bond acceptors (Lipinski definition) is 4. The SMILES string of the molecule is Clc1nccc(N2CCN(c3ccccc3)CC2)n1. The van der Waals surface area contributed by atoms with Gasteiger partial charge in [0.25, 0.3) is 0 Å². The monoisotopic (exact) mass is 274 g/mol. The largest absolute Gasteiger partial charge is 0.368 e. The normalized spacial score (nSPS) is 15.6. The minimum absolute atomic E-state index is 0.308. The van der Waals surface area contributed by atoms with Gasteiger partial charge >= 0.3 is 0 Å². The zero-order valence-electron chi connectivity index (χ0n) is 10.5. The number of para-hydroxylation sites is 1. The lowest BCUT2D eigenvalue weighted by Gasteiger charge is -2.36. The van der Waals surface area contributed by atoms with Gasteiger partial charge in [-0.1, -0.05) is 18.2 Å². The van der Waals surface area contributed by atoms with E-state index in [0.29, 0.717) is 5.28 Å². The van der Waals surface area contributed by atoms with Gasteiger partial charge < -0.3 is 9.80 Å². The van der Waals surface area contributed by atoms with Crippen molar-refractivity contribution in [2.75, 3.05) is 36.0 Å². The second-order valence-corrected chi connectivity index (χ2v) is 4.83. The fourth-order valence-corrected chi connectivity index (χ4v) is 2.48. The number of rotatable bonds is 2. The summed E-state index contributed by atoms with van der Waals surface area (Å²) >= 11 is 5.83. The van der Waals surface area contributed by atoms with Gasteiger partial charge in [-0.25, -0.2) is 9.97 Å². The van der Waals surface area contributed by atoms with Crippen LogP contribution in [0.4, 0.5) is 11.5 Å². The van der Waals surface area contributed by atoms with E-state index in [0.717, 1.165) is 32.0 Å². The molecule has 0 spiro atoms. The highest BCUT2D eigenvalue weighted by atomic mass is 35.5. The molecule has 1 aromatic carbocycles. The lowest BCUT2D eigenvalue weighted by Crippen LogP contribution is -2.46. The molecule has 1 saturated heterocycles. The van der Waals surface area contributed by atoms with Crippen LogP contribution in [0, 0.1) is 0 Å². The number of nitrogens with zero attached hydrogens (tertiary/aromatic N) is 4. The molecule has 2 aromatic rings. The number of halogens is 1. The Balaban J connectivity index is 1.67. The second-order valence-electron chi connectivity index (χ2n) is 4.49. The Hall–Kier alpha value is -1.81. The van der Waals surface area contributed by atoms with E-state index in [-0.39, 0.29) is 0 Å². The van der Waals surface area contributed by atoms with E-state index < -0.39 is 0 Å². The Morgan fingerprint density at radius 2 is 1.58 bits per heavy atom. The van der Waals surface area contributed by atoms with Gasteiger partial charge in [0.05, 0.1) is 0 Å². The summed E-state index contributed by atoms with van der Waals surface area (Å²) in [5.41, 5.74) is 1.28. The van der Waals surface area contributed by atoms with Crippen LogP contribution < -0.4 is 9.80 Å². The fraction of sp³-hybridized carbons (Fsp3) is 0.286. The van der Waals surface area contributed by atoms with Gasteiger partial charge in [0.2, 0.25) is 5.28 Å². The summed E-state index contributed by atoms with van der Waals surface area (Å²) in [5, 5.41) is 0.308. The third-order valence-electron chi connectivity index (χ3n) is 3.34. The Kier molecular flexibility index (Phi) is 3.51. The van der Waals surface area contributed by atoms with Crippen LogP contribution in [-0.2, 0) is 0 Å². The second kappa shape index (κ2) is 5.45. The summed E-state index contributed by atoms with van der Waals surface area (Å²) in [6, 6.07) is 12.4. The molecule has 0 radical (unpaired) electrons. The van der Waals surface area contributed by atoms with Crippen molar-refractivity contribution in [3.05, 3.63) is 47.9 Å². The number of piperazine rings is 1. The van der Waals surface area contributed by atoms with Crippen LogP contribution in [0.3, 0.4) is 0 Å². The molecule has 1 aliphatic rings. The Morgan fingerprint density at radius 1 is 0.895 bits per heavy atom. The van der Waals surface area contributed by atoms with Gasteiger partial charge in [0.15, 0.2) is 0 Å². The third-order valence-corrected chi connectivity index (χ3v) is 3.52. The minimum Gasteiger partial charge on any atom is -0.368 e. The third kappa shape index (κ3) is 2.79. The smallest absolute Gasteiger partial charge is 0.224 e. The molecule has 0 atom stereocenters. The Morgan fingerprint density at radius 3 is 2.26 bits per heavy atom. The van der Waals surface area contributed by atoms with E-state index in [1.807, 2.05) is 12.1 Å². The molecule has 0 N–H and O–H groups in total. The number of hydrogen-bond donors (Lipinski definition) is 0. The molecule has 2 heterocycles. The van der Waals surface area contributed by atoms with Crippen molar-refractivity contribution in [3.63, 3.8) is 0 Å². The molecule has 0 aliphatic carbocycles. The first-order valence-corrected chi connectivity index (χ1v) is 6.74. The fourth-order valence-electron chi connectivity index (χ4n) is 2.33. The lowest BCUT2D eigenvalue weighted by atomic mass is 10.2. The maximum Gasteiger partial charge on any atom is 0.224 e. The summed E-state index contributed by atoms with van der Waals surface area (Å²) < 4.78 is 0. The predicted octanol–water partition coefficient (Wildman–Crippen LogP) is 2.46. The molecular formula is C14H15ClN4. The summed E-state index contributed by atoms with van der Waals surface area (Å²) in [6.07, 6.45) is 1.70. The number of aromatic nitrogens is 2. The topological polar surface area (TPSA) is 32.3 Å². The quantitative estimate of drug-likeness (QED) is 0.788. The molecule has 0 bridgehead atoms. The van der Waals surface area contributed by atoms with Crippen molar-refractivity contribution < 1.29 is 0 Å². The van der Waals surface area contributed by atoms with Crippen molar-refractivity contribution in [2.45, 2.75) is 0 Å². The highest BCUT2D eigenvalue weighted by molar-refractivity contribution is 6.28.